The van der Waals surface area contributed by atoms with Crippen LogP contribution in [0.3, 0.4) is 0 Å². The topological polar surface area (TPSA) is 93.6 Å². The molecule has 3 atom stereocenters. The van der Waals surface area contributed by atoms with Gasteiger partial charge in [-0.25, -0.2) is 23.0 Å². The molecule has 1 aliphatic heterocycles. The van der Waals surface area contributed by atoms with Crippen molar-refractivity contribution in [3.05, 3.63) is 54.1 Å². The van der Waals surface area contributed by atoms with E-state index in [0.29, 0.717) is 40.7 Å². The van der Waals surface area contributed by atoms with E-state index in [9.17, 15) is 13.9 Å². The van der Waals surface area contributed by atoms with Crippen LogP contribution in [0.5, 0.6) is 5.75 Å². The number of nitrogens with zero attached hydrogens (tertiary/aromatic N) is 7. The molecule has 1 aromatic carbocycles. The first-order valence-corrected chi connectivity index (χ1v) is 10.6. The number of imidazole rings is 1. The third-order valence-corrected chi connectivity index (χ3v) is 5.70. The molecule has 4 aromatic rings. The second kappa shape index (κ2) is 8.39. The third kappa shape index (κ3) is 3.99. The summed E-state index contributed by atoms with van der Waals surface area (Å²) in [5, 5.41) is 22.5. The first-order chi connectivity index (χ1) is 15.9. The molecule has 0 saturated carbocycles. The van der Waals surface area contributed by atoms with E-state index in [4.69, 9.17) is 9.84 Å². The van der Waals surface area contributed by atoms with Gasteiger partial charge in [-0.3, -0.25) is 0 Å². The Hall–Kier alpha value is -3.60. The van der Waals surface area contributed by atoms with E-state index in [1.54, 1.807) is 46.7 Å². The number of hydrogen-bond donors (Lipinski definition) is 1. The van der Waals surface area contributed by atoms with Crippen LogP contribution >= 0.6 is 0 Å². The highest BCUT2D eigenvalue weighted by atomic mass is 19.1. The Morgan fingerprint density at radius 2 is 2.12 bits per heavy atom. The molecule has 0 amide bonds. The van der Waals surface area contributed by atoms with Crippen LogP contribution in [0.25, 0.3) is 17.0 Å². The van der Waals surface area contributed by atoms with E-state index in [0.717, 1.165) is 0 Å². The minimum atomic E-state index is -1.09. The van der Waals surface area contributed by atoms with Crippen molar-refractivity contribution in [3.8, 4) is 17.1 Å². The highest BCUT2D eigenvalue weighted by Crippen LogP contribution is 2.40. The molecule has 1 aliphatic rings. The van der Waals surface area contributed by atoms with Gasteiger partial charge in [0, 0.05) is 12.0 Å². The van der Waals surface area contributed by atoms with Crippen molar-refractivity contribution in [3.63, 3.8) is 0 Å². The Morgan fingerprint density at radius 3 is 2.91 bits per heavy atom. The summed E-state index contributed by atoms with van der Waals surface area (Å²) in [6.07, 6.45) is 1.88. The normalized spacial score (nSPS) is 19.4. The lowest BCUT2D eigenvalue weighted by Crippen LogP contribution is -2.25. The van der Waals surface area contributed by atoms with Crippen molar-refractivity contribution in [2.24, 2.45) is 0 Å². The molecule has 1 saturated heterocycles. The van der Waals surface area contributed by atoms with E-state index in [1.165, 1.54) is 19.2 Å². The van der Waals surface area contributed by atoms with Gasteiger partial charge in [0.25, 0.3) is 0 Å². The maximum atomic E-state index is 14.6. The zero-order valence-corrected chi connectivity index (χ0v) is 18.1. The number of methoxy groups -OCH3 is 1. The average molecular weight is 455 g/mol. The molecule has 0 aliphatic carbocycles. The second-order valence-electron chi connectivity index (χ2n) is 8.17. The fourth-order valence-corrected chi connectivity index (χ4v) is 4.27. The molecular formula is C22H23F2N7O2. The number of halogens is 2. The van der Waals surface area contributed by atoms with Crippen molar-refractivity contribution in [2.75, 3.05) is 18.6 Å². The smallest absolute Gasteiger partial charge is 0.154 e. The van der Waals surface area contributed by atoms with Gasteiger partial charge in [-0.1, -0.05) is 5.21 Å². The predicted molar refractivity (Wildman–Crippen MR) is 116 cm³/mol. The summed E-state index contributed by atoms with van der Waals surface area (Å²) < 4.78 is 37.2. The molecule has 11 heteroatoms. The van der Waals surface area contributed by atoms with Gasteiger partial charge in [-0.15, -0.1) is 10.2 Å². The molecule has 0 unspecified atom stereocenters. The quantitative estimate of drug-likeness (QED) is 0.478. The van der Waals surface area contributed by atoms with Crippen LogP contribution in [0.4, 0.5) is 14.6 Å². The highest BCUT2D eigenvalue weighted by Gasteiger charge is 2.36. The summed E-state index contributed by atoms with van der Waals surface area (Å²) >= 11 is 0. The zero-order valence-electron chi connectivity index (χ0n) is 18.1. The molecule has 1 N–H and O–H groups in total. The van der Waals surface area contributed by atoms with E-state index in [1.807, 2.05) is 4.90 Å². The van der Waals surface area contributed by atoms with Crippen LogP contribution in [-0.2, 0) is 6.54 Å². The molecule has 9 nitrogen and oxygen atoms in total. The maximum absolute atomic E-state index is 14.6. The molecular weight excluding hydrogens is 432 g/mol. The number of aliphatic hydroxyl groups is 1. The van der Waals surface area contributed by atoms with Crippen molar-refractivity contribution < 1.29 is 18.6 Å². The Kier molecular flexibility index (Phi) is 5.41. The molecule has 5 rings (SSSR count). The van der Waals surface area contributed by atoms with Gasteiger partial charge in [0.05, 0.1) is 44.7 Å². The van der Waals surface area contributed by atoms with E-state index >= 15 is 0 Å². The van der Waals surface area contributed by atoms with Gasteiger partial charge in [0.1, 0.15) is 34.9 Å². The summed E-state index contributed by atoms with van der Waals surface area (Å²) in [5.74, 6) is 0.614. The number of benzene rings is 1. The van der Waals surface area contributed by atoms with Gasteiger partial charge in [-0.2, -0.15) is 0 Å². The standard InChI is InChI=1S/C22H23F2N7O2/c1-13(32)10-29-12-17(26-28-29)19-9-25-21-5-6-22(27-31(19)21)30-11-15(24)8-18(30)16-7-14(23)3-4-20(16)33-2/h3-7,9,12-13,15,18,32H,8,10-11H2,1-2H3/t13-,15+,18-/m1/s1. The van der Waals surface area contributed by atoms with Gasteiger partial charge >= 0.3 is 0 Å². The van der Waals surface area contributed by atoms with Crippen molar-refractivity contribution >= 4 is 11.5 Å². The van der Waals surface area contributed by atoms with Crippen molar-refractivity contribution in [1.29, 1.82) is 0 Å². The molecule has 33 heavy (non-hydrogen) atoms. The molecule has 3 aromatic heterocycles. The van der Waals surface area contributed by atoms with Gasteiger partial charge < -0.3 is 14.7 Å². The fourth-order valence-electron chi connectivity index (χ4n) is 4.27. The molecule has 0 radical (unpaired) electrons. The number of aliphatic hydroxyl groups excluding tert-OH is 1. The van der Waals surface area contributed by atoms with E-state index in [2.05, 4.69) is 15.3 Å². The summed E-state index contributed by atoms with van der Waals surface area (Å²) in [4.78, 5) is 6.19. The van der Waals surface area contributed by atoms with Crippen LogP contribution in [-0.4, -0.2) is 60.6 Å². The molecule has 4 heterocycles. The van der Waals surface area contributed by atoms with Crippen LogP contribution < -0.4 is 9.64 Å². The Bertz CT molecular complexity index is 1290. The Balaban J connectivity index is 1.54. The molecule has 0 spiro atoms. The summed E-state index contributed by atoms with van der Waals surface area (Å²) in [6, 6.07) is 7.38. The first kappa shape index (κ1) is 21.3. The summed E-state index contributed by atoms with van der Waals surface area (Å²) in [6.45, 7) is 2.10. The number of aromatic nitrogens is 6. The average Bonchev–Trinajstić information content (AvgIpc) is 3.50. The Labute approximate surface area is 188 Å². The summed E-state index contributed by atoms with van der Waals surface area (Å²) in [5.41, 5.74) is 2.32. The second-order valence-corrected chi connectivity index (χ2v) is 8.17. The minimum absolute atomic E-state index is 0.122. The molecule has 172 valence electrons. The predicted octanol–water partition coefficient (Wildman–Crippen LogP) is 2.81. The van der Waals surface area contributed by atoms with E-state index in [-0.39, 0.29) is 13.0 Å². The molecule has 0 bridgehead atoms. The van der Waals surface area contributed by atoms with Crippen LogP contribution in [0.1, 0.15) is 24.9 Å². The zero-order chi connectivity index (χ0) is 23.1. The van der Waals surface area contributed by atoms with Gasteiger partial charge in [-0.05, 0) is 37.3 Å². The largest absolute Gasteiger partial charge is 0.496 e. The van der Waals surface area contributed by atoms with E-state index < -0.39 is 24.1 Å². The monoisotopic (exact) mass is 455 g/mol. The van der Waals surface area contributed by atoms with Gasteiger partial charge in [0.2, 0.25) is 0 Å². The number of alkyl halides is 1. The van der Waals surface area contributed by atoms with Crippen LogP contribution in [0.2, 0.25) is 0 Å². The summed E-state index contributed by atoms with van der Waals surface area (Å²) in [7, 11) is 1.51. The minimum Gasteiger partial charge on any atom is -0.496 e. The lowest BCUT2D eigenvalue weighted by Gasteiger charge is -2.26. The van der Waals surface area contributed by atoms with Crippen molar-refractivity contribution in [1.82, 2.24) is 29.6 Å². The maximum Gasteiger partial charge on any atom is 0.154 e. The highest BCUT2D eigenvalue weighted by molar-refractivity contribution is 5.60. The van der Waals surface area contributed by atoms with Crippen LogP contribution in [0.15, 0.2) is 42.7 Å². The van der Waals surface area contributed by atoms with Crippen molar-refractivity contribution in [2.45, 2.75) is 38.2 Å². The number of hydrogen-bond acceptors (Lipinski definition) is 7. The first-order valence-electron chi connectivity index (χ1n) is 10.6. The molecule has 1 fully saturated rings. The van der Waals surface area contributed by atoms with Crippen LogP contribution in [0, 0.1) is 5.82 Å². The number of anilines is 1. The Morgan fingerprint density at radius 1 is 1.27 bits per heavy atom. The fraction of sp³-hybridized carbons (Fsp3) is 0.364. The van der Waals surface area contributed by atoms with Gasteiger partial charge in [0.15, 0.2) is 5.65 Å². The SMILES string of the molecule is COc1ccc(F)cc1[C@H]1C[C@H](F)CN1c1ccc2ncc(-c3cn(C[C@@H](C)O)nn3)n2n1. The lowest BCUT2D eigenvalue weighted by molar-refractivity contribution is 0.167. The third-order valence-electron chi connectivity index (χ3n) is 5.70. The number of fused-ring (bicyclic) bond motifs is 1. The number of rotatable bonds is 6. The lowest BCUT2D eigenvalue weighted by atomic mass is 10.0. The number of ether oxygens (including phenoxy) is 1.